The Bertz CT molecular complexity index is 937. The fourth-order valence-corrected chi connectivity index (χ4v) is 2.61. The molecule has 0 radical (unpaired) electrons. The predicted octanol–water partition coefficient (Wildman–Crippen LogP) is 4.58. The van der Waals surface area contributed by atoms with Crippen LogP contribution in [0.25, 0.3) is 0 Å². The number of nitrogens with one attached hydrogen (secondary N) is 2. The average molecular weight is 481 g/mol. The van der Waals surface area contributed by atoms with Crippen molar-refractivity contribution in [3.05, 3.63) is 71.8 Å². The topological polar surface area (TPSA) is 101 Å². The van der Waals surface area contributed by atoms with E-state index < -0.39 is 11.2 Å². The summed E-state index contributed by atoms with van der Waals surface area (Å²) < 4.78 is 0. The third-order valence-electron chi connectivity index (χ3n) is 4.27. The van der Waals surface area contributed by atoms with Gasteiger partial charge in [0.05, 0.1) is 11.2 Å². The zero-order chi connectivity index (χ0) is 25.9. The Morgan fingerprint density at radius 2 is 1.00 bits per heavy atom. The summed E-state index contributed by atoms with van der Waals surface area (Å²) in [5.41, 5.74) is 5.43. The average Bonchev–Trinajstić information content (AvgIpc) is 2.81. The van der Waals surface area contributed by atoms with Crippen molar-refractivity contribution in [2.75, 3.05) is 13.1 Å². The minimum Gasteiger partial charge on any atom is -0.285 e. The maximum absolute atomic E-state index is 12.9. The second-order valence-corrected chi connectivity index (χ2v) is 9.84. The van der Waals surface area contributed by atoms with E-state index in [1.165, 1.54) is 0 Å². The molecule has 0 fully saturated rings. The first-order valence-electron chi connectivity index (χ1n) is 11.6. The summed E-state index contributed by atoms with van der Waals surface area (Å²) in [5, 5.41) is 0. The number of Topliss-reactive ketones (excluding diaryl/α,β-unsaturated/α-hetero) is 2. The molecule has 0 unspecified atom stereocenters. The van der Waals surface area contributed by atoms with Crippen molar-refractivity contribution in [2.24, 2.45) is 9.98 Å². The molecule has 0 heterocycles. The smallest absolute Gasteiger partial charge is 0.229 e. The second-order valence-electron chi connectivity index (χ2n) is 9.84. The number of nitrogens with zero attached hydrogens (tertiary/aromatic N) is 2. The van der Waals surface area contributed by atoms with Crippen molar-refractivity contribution in [1.82, 2.24) is 11.0 Å². The molecule has 2 aromatic rings. The zero-order valence-electron chi connectivity index (χ0n) is 21.4. The van der Waals surface area contributed by atoms with Crippen molar-refractivity contribution in [3.8, 4) is 0 Å². The highest BCUT2D eigenvalue weighted by molar-refractivity contribution is 6.45. The van der Waals surface area contributed by atoms with Crippen molar-refractivity contribution in [2.45, 2.75) is 59.2 Å². The van der Waals surface area contributed by atoms with Gasteiger partial charge < -0.3 is 0 Å². The van der Waals surface area contributed by atoms with Gasteiger partial charge in [0.2, 0.25) is 11.6 Å². The van der Waals surface area contributed by atoms with Crippen molar-refractivity contribution >= 4 is 23.2 Å². The first-order chi connectivity index (χ1) is 16.5. The van der Waals surface area contributed by atoms with Gasteiger partial charge in [-0.3, -0.25) is 29.2 Å². The molecule has 0 bridgehead atoms. The summed E-state index contributed by atoms with van der Waals surface area (Å²) in [4.78, 5) is 45.7. The number of ketones is 2. The van der Waals surface area contributed by atoms with Crippen LogP contribution in [0.2, 0.25) is 0 Å². The fraction of sp³-hybridized carbons (Fsp3) is 0.407. The number of rotatable bonds is 10. The van der Waals surface area contributed by atoms with Gasteiger partial charge in [0.25, 0.3) is 0 Å². The van der Waals surface area contributed by atoms with Crippen molar-refractivity contribution in [1.29, 1.82) is 0 Å². The molecule has 8 nitrogen and oxygen atoms in total. The Morgan fingerprint density at radius 1 is 0.657 bits per heavy atom. The Labute approximate surface area is 207 Å². The van der Waals surface area contributed by atoms with Gasteiger partial charge in [0.15, 0.2) is 11.7 Å². The zero-order valence-corrected chi connectivity index (χ0v) is 21.4. The molecule has 0 saturated carbocycles. The number of benzene rings is 2. The molecule has 2 rings (SSSR count). The van der Waals surface area contributed by atoms with E-state index in [1.54, 1.807) is 48.5 Å². The first-order valence-corrected chi connectivity index (χ1v) is 11.6. The number of hydrogen-bond acceptors (Lipinski definition) is 6. The van der Waals surface area contributed by atoms with Crippen molar-refractivity contribution in [3.63, 3.8) is 0 Å². The van der Waals surface area contributed by atoms with Crippen LogP contribution in [0.3, 0.4) is 0 Å². The number of hydrogen-bond donors (Lipinski definition) is 2. The molecule has 0 aliphatic rings. The highest BCUT2D eigenvalue weighted by Crippen LogP contribution is 2.08. The fourth-order valence-electron chi connectivity index (χ4n) is 2.61. The van der Waals surface area contributed by atoms with Crippen LogP contribution >= 0.6 is 0 Å². The maximum atomic E-state index is 12.9. The summed E-state index contributed by atoms with van der Waals surface area (Å²) >= 11 is 0. The van der Waals surface area contributed by atoms with Gasteiger partial charge in [0.1, 0.15) is 0 Å². The molecule has 2 N–H and O–H groups in total. The lowest BCUT2D eigenvalue weighted by atomic mass is 10.1. The molecule has 188 valence electrons. The first kappa shape index (κ1) is 27.9. The Kier molecular flexibility index (Phi) is 10.3. The molecule has 2 aromatic carbocycles. The maximum Gasteiger partial charge on any atom is 0.229 e. The number of aliphatic imine (C=N–C) groups is 2. The van der Waals surface area contributed by atoms with Crippen LogP contribution in [0.4, 0.5) is 0 Å². The minimum atomic E-state index is -0.506. The van der Waals surface area contributed by atoms with Gasteiger partial charge in [-0.25, -0.2) is 11.0 Å². The van der Waals surface area contributed by atoms with E-state index in [4.69, 9.17) is 9.68 Å². The van der Waals surface area contributed by atoms with Crippen LogP contribution in [-0.4, -0.2) is 47.5 Å². The molecule has 0 spiro atoms. The van der Waals surface area contributed by atoms with E-state index in [2.05, 4.69) is 20.9 Å². The summed E-state index contributed by atoms with van der Waals surface area (Å²) in [5.74, 6) is -0.299. The van der Waals surface area contributed by atoms with E-state index in [0.29, 0.717) is 30.6 Å². The van der Waals surface area contributed by atoms with Crippen LogP contribution in [0, 0.1) is 0 Å². The lowest BCUT2D eigenvalue weighted by Crippen LogP contribution is -2.38. The van der Waals surface area contributed by atoms with Crippen LogP contribution in [-0.2, 0) is 9.68 Å². The summed E-state index contributed by atoms with van der Waals surface area (Å²) in [6, 6.07) is 17.8. The van der Waals surface area contributed by atoms with Crippen LogP contribution < -0.4 is 11.0 Å². The molecular weight excluding hydrogens is 444 g/mol. The molecule has 35 heavy (non-hydrogen) atoms. The van der Waals surface area contributed by atoms with Gasteiger partial charge in [-0.15, -0.1) is 0 Å². The molecule has 8 heteroatoms. The SMILES string of the molecule is CC(C)(C)ONC(=NCCCN=C(NOC(C)(C)C)C(=O)c1ccccc1)C(=O)c1ccccc1. The number of hydroxylamine groups is 2. The Balaban J connectivity index is 2.09. The number of carbonyl (C=O) groups is 2. The molecule has 0 saturated heterocycles. The lowest BCUT2D eigenvalue weighted by molar-refractivity contribution is -0.0426. The van der Waals surface area contributed by atoms with Gasteiger partial charge in [-0.05, 0) is 48.0 Å². The van der Waals surface area contributed by atoms with Gasteiger partial charge in [0, 0.05) is 24.2 Å². The van der Waals surface area contributed by atoms with Gasteiger partial charge in [-0.2, -0.15) is 0 Å². The van der Waals surface area contributed by atoms with E-state index >= 15 is 0 Å². The number of amidine groups is 2. The third kappa shape index (κ3) is 10.6. The molecule has 0 aliphatic carbocycles. The van der Waals surface area contributed by atoms with E-state index in [0.717, 1.165) is 0 Å². The Morgan fingerprint density at radius 3 is 1.31 bits per heavy atom. The van der Waals surface area contributed by atoms with Crippen molar-refractivity contribution < 1.29 is 19.3 Å². The van der Waals surface area contributed by atoms with Crippen LogP contribution in [0.1, 0.15) is 68.7 Å². The highest BCUT2D eigenvalue weighted by atomic mass is 16.7. The molecule has 0 atom stereocenters. The van der Waals surface area contributed by atoms with Gasteiger partial charge in [-0.1, -0.05) is 60.7 Å². The normalized spacial score (nSPS) is 12.9. The largest absolute Gasteiger partial charge is 0.285 e. The molecular formula is C27H36N4O4. The van der Waals surface area contributed by atoms with Crippen LogP contribution in [0.15, 0.2) is 70.6 Å². The van der Waals surface area contributed by atoms with E-state index in [9.17, 15) is 9.59 Å². The quantitative estimate of drug-likeness (QED) is 0.170. The van der Waals surface area contributed by atoms with E-state index in [-0.39, 0.29) is 23.2 Å². The summed E-state index contributed by atoms with van der Waals surface area (Å²) in [6.07, 6.45) is 0.505. The standard InChI is InChI=1S/C27H36N4O4/c1-26(2,3)34-30-24(22(32)20-14-9-7-10-15-20)28-18-13-19-29-25(31-35-27(4,5)6)23(33)21-16-11-8-12-17-21/h7-12,14-17H,13,18-19H2,1-6H3,(H,28,30)(H,29,31). The molecule has 0 amide bonds. The Hall–Kier alpha value is -3.36. The third-order valence-corrected chi connectivity index (χ3v) is 4.27. The minimum absolute atomic E-state index is 0.116. The molecule has 0 aromatic heterocycles. The van der Waals surface area contributed by atoms with Crippen LogP contribution in [0.5, 0.6) is 0 Å². The van der Waals surface area contributed by atoms with E-state index in [1.807, 2.05) is 53.7 Å². The summed E-state index contributed by atoms with van der Waals surface area (Å²) in [7, 11) is 0. The monoisotopic (exact) mass is 480 g/mol. The summed E-state index contributed by atoms with van der Waals surface area (Å²) in [6.45, 7) is 11.9. The second kappa shape index (κ2) is 12.9. The molecule has 0 aliphatic heterocycles. The predicted molar refractivity (Wildman–Crippen MR) is 139 cm³/mol. The number of carbonyl (C=O) groups excluding carboxylic acids is 2. The lowest BCUT2D eigenvalue weighted by Gasteiger charge is -2.20. The van der Waals surface area contributed by atoms with Gasteiger partial charge >= 0.3 is 0 Å². The highest BCUT2D eigenvalue weighted by Gasteiger charge is 2.19.